The molecule has 32 heavy (non-hydrogen) atoms. The van der Waals surface area contributed by atoms with Crippen LogP contribution in [0.25, 0.3) is 22.2 Å². The molecule has 5 nitrogen and oxygen atoms in total. The van der Waals surface area contributed by atoms with Crippen LogP contribution in [-0.2, 0) is 4.79 Å². The molecule has 1 aliphatic rings. The third-order valence-corrected chi connectivity index (χ3v) is 6.39. The Hall–Kier alpha value is -3.31. The number of fused-ring (bicyclic) bond motifs is 1. The van der Waals surface area contributed by atoms with Crippen LogP contribution in [0.5, 0.6) is 0 Å². The second kappa shape index (κ2) is 8.67. The van der Waals surface area contributed by atoms with Gasteiger partial charge in [-0.05, 0) is 36.5 Å². The molecule has 5 rings (SSSR count). The van der Waals surface area contributed by atoms with Gasteiger partial charge < -0.3 is 5.32 Å². The van der Waals surface area contributed by atoms with Gasteiger partial charge in [-0.15, -0.1) is 0 Å². The Kier molecular flexibility index (Phi) is 5.58. The third-order valence-electron chi connectivity index (χ3n) is 6.10. The zero-order valence-corrected chi connectivity index (χ0v) is 18.5. The van der Waals surface area contributed by atoms with Crippen molar-refractivity contribution in [3.8, 4) is 11.3 Å². The number of hydrogen-bond donors (Lipinski definition) is 1. The van der Waals surface area contributed by atoms with Crippen molar-refractivity contribution in [1.29, 1.82) is 0 Å². The van der Waals surface area contributed by atoms with Gasteiger partial charge in [-0.1, -0.05) is 67.1 Å². The zero-order valence-electron chi connectivity index (χ0n) is 17.7. The smallest absolute Gasteiger partial charge is 0.223 e. The van der Waals surface area contributed by atoms with Crippen molar-refractivity contribution in [3.05, 3.63) is 89.5 Å². The van der Waals surface area contributed by atoms with E-state index in [-0.39, 0.29) is 17.0 Å². The summed E-state index contributed by atoms with van der Waals surface area (Å²) < 4.78 is 0. The van der Waals surface area contributed by atoms with Crippen molar-refractivity contribution in [1.82, 2.24) is 20.3 Å². The summed E-state index contributed by atoms with van der Waals surface area (Å²) in [5.74, 6) is 0.651. The van der Waals surface area contributed by atoms with Crippen molar-refractivity contribution >= 4 is 28.4 Å². The molecule has 2 aromatic carbocycles. The first-order valence-electron chi connectivity index (χ1n) is 10.8. The predicted molar refractivity (Wildman–Crippen MR) is 126 cm³/mol. The second-order valence-corrected chi connectivity index (χ2v) is 8.82. The molecule has 6 heteroatoms. The molecule has 1 unspecified atom stereocenters. The van der Waals surface area contributed by atoms with Crippen LogP contribution in [0.1, 0.15) is 37.1 Å². The Morgan fingerprint density at radius 3 is 2.53 bits per heavy atom. The van der Waals surface area contributed by atoms with Crippen LogP contribution < -0.4 is 5.32 Å². The van der Waals surface area contributed by atoms with Crippen molar-refractivity contribution in [2.45, 2.75) is 25.8 Å². The molecular formula is C26H23ClN4O. The van der Waals surface area contributed by atoms with Gasteiger partial charge in [-0.2, -0.15) is 0 Å². The van der Waals surface area contributed by atoms with Gasteiger partial charge in [0, 0.05) is 29.3 Å². The Balaban J connectivity index is 1.54. The summed E-state index contributed by atoms with van der Waals surface area (Å²) in [6, 6.07) is 19.7. The maximum atomic E-state index is 12.9. The highest BCUT2D eigenvalue weighted by Crippen LogP contribution is 2.35. The van der Waals surface area contributed by atoms with Gasteiger partial charge in [-0.25, -0.2) is 9.97 Å². The number of halogens is 1. The average Bonchev–Trinajstić information content (AvgIpc) is 2.81. The Morgan fingerprint density at radius 1 is 1.03 bits per heavy atom. The molecule has 160 valence electrons. The Labute approximate surface area is 191 Å². The lowest BCUT2D eigenvalue weighted by Crippen LogP contribution is -2.40. The second-order valence-electron chi connectivity index (χ2n) is 8.46. The topological polar surface area (TPSA) is 67.8 Å². The molecule has 1 amide bonds. The van der Waals surface area contributed by atoms with Crippen LogP contribution in [-0.4, -0.2) is 20.9 Å². The lowest BCUT2D eigenvalue weighted by Gasteiger charge is -2.33. The monoisotopic (exact) mass is 442 g/mol. The number of pyridine rings is 1. The maximum absolute atomic E-state index is 12.9. The van der Waals surface area contributed by atoms with Gasteiger partial charge in [0.05, 0.1) is 17.3 Å². The summed E-state index contributed by atoms with van der Waals surface area (Å²) in [7, 11) is 0. The number of rotatable bonds is 5. The van der Waals surface area contributed by atoms with Crippen molar-refractivity contribution in [2.75, 3.05) is 0 Å². The molecule has 2 aromatic heterocycles. The van der Waals surface area contributed by atoms with E-state index in [1.165, 1.54) is 0 Å². The predicted octanol–water partition coefficient (Wildman–Crippen LogP) is 5.60. The van der Waals surface area contributed by atoms with Gasteiger partial charge in [0.25, 0.3) is 0 Å². The largest absolute Gasteiger partial charge is 0.343 e. The number of benzene rings is 2. The number of nitrogens with one attached hydrogen (secondary N) is 1. The van der Waals surface area contributed by atoms with Gasteiger partial charge in [-0.3, -0.25) is 9.78 Å². The van der Waals surface area contributed by atoms with E-state index in [0.29, 0.717) is 11.6 Å². The average molecular weight is 443 g/mol. The summed E-state index contributed by atoms with van der Waals surface area (Å²) in [5, 5.41) is 4.48. The normalized spacial score (nSPS) is 18.7. The fourth-order valence-corrected chi connectivity index (χ4v) is 4.51. The lowest BCUT2D eigenvalue weighted by molar-refractivity contribution is -0.129. The standard InChI is InChI=1S/C26H23ClN4O/c1-16-13-20(14-16)26(32)31-23(24-25(27)29-12-11-28-24)19-8-7-18-9-10-21(30-22(18)15-19)17-5-3-2-4-6-17/h2-12,15-16,20,23H,13-14H2,1H3,(H,31,32). The highest BCUT2D eigenvalue weighted by Gasteiger charge is 2.33. The van der Waals surface area contributed by atoms with Crippen LogP contribution in [0.15, 0.2) is 73.1 Å². The van der Waals surface area contributed by atoms with Gasteiger partial charge in [0.2, 0.25) is 5.91 Å². The molecule has 1 saturated carbocycles. The molecule has 4 aromatic rings. The first kappa shape index (κ1) is 20.6. The molecule has 1 fully saturated rings. The highest BCUT2D eigenvalue weighted by atomic mass is 35.5. The van der Waals surface area contributed by atoms with Crippen LogP contribution in [0.3, 0.4) is 0 Å². The van der Waals surface area contributed by atoms with Crippen LogP contribution in [0.4, 0.5) is 0 Å². The van der Waals surface area contributed by atoms with E-state index in [4.69, 9.17) is 16.6 Å². The van der Waals surface area contributed by atoms with Crippen molar-refractivity contribution in [3.63, 3.8) is 0 Å². The molecule has 0 spiro atoms. The van der Waals surface area contributed by atoms with E-state index >= 15 is 0 Å². The SMILES string of the molecule is CC1CC(C(=O)NC(c2ccc3ccc(-c4ccccc4)nc3c2)c2nccnc2Cl)C1. The van der Waals surface area contributed by atoms with E-state index in [2.05, 4.69) is 28.3 Å². The first-order chi connectivity index (χ1) is 15.6. The summed E-state index contributed by atoms with van der Waals surface area (Å²) in [6.07, 6.45) is 4.96. The molecule has 0 saturated heterocycles. The fraction of sp³-hybridized carbons (Fsp3) is 0.231. The van der Waals surface area contributed by atoms with Crippen LogP contribution >= 0.6 is 11.6 Å². The van der Waals surface area contributed by atoms with Gasteiger partial charge in [0.1, 0.15) is 5.69 Å². The summed E-state index contributed by atoms with van der Waals surface area (Å²) in [4.78, 5) is 26.4. The summed E-state index contributed by atoms with van der Waals surface area (Å²) in [5.41, 5.74) is 4.21. The van der Waals surface area contributed by atoms with E-state index in [9.17, 15) is 4.79 Å². The molecule has 1 aliphatic carbocycles. The summed E-state index contributed by atoms with van der Waals surface area (Å²) >= 11 is 6.39. The van der Waals surface area contributed by atoms with E-state index < -0.39 is 6.04 Å². The zero-order chi connectivity index (χ0) is 22.1. The number of carbonyl (C=O) groups is 1. The Morgan fingerprint density at radius 2 is 1.78 bits per heavy atom. The molecule has 1 atom stereocenters. The van der Waals surface area contributed by atoms with Crippen LogP contribution in [0, 0.1) is 11.8 Å². The number of carbonyl (C=O) groups excluding carboxylic acids is 1. The van der Waals surface area contributed by atoms with Crippen molar-refractivity contribution in [2.24, 2.45) is 11.8 Å². The Bertz CT molecular complexity index is 1270. The molecule has 0 aliphatic heterocycles. The van der Waals surface area contributed by atoms with Crippen LogP contribution in [0.2, 0.25) is 5.15 Å². The number of nitrogens with zero attached hydrogens (tertiary/aromatic N) is 3. The minimum Gasteiger partial charge on any atom is -0.343 e. The first-order valence-corrected chi connectivity index (χ1v) is 11.2. The molecule has 2 heterocycles. The third kappa shape index (κ3) is 4.08. The lowest BCUT2D eigenvalue weighted by atomic mass is 9.75. The quantitative estimate of drug-likeness (QED) is 0.437. The number of amides is 1. The van der Waals surface area contributed by atoms with Gasteiger partial charge in [0.15, 0.2) is 5.15 Å². The van der Waals surface area contributed by atoms with E-state index in [0.717, 1.165) is 40.6 Å². The van der Waals surface area contributed by atoms with E-state index in [1.807, 2.05) is 54.6 Å². The minimum absolute atomic E-state index is 0.0286. The highest BCUT2D eigenvalue weighted by molar-refractivity contribution is 6.30. The number of aromatic nitrogens is 3. The molecule has 0 bridgehead atoms. The fourth-order valence-electron chi connectivity index (χ4n) is 4.30. The van der Waals surface area contributed by atoms with Gasteiger partial charge >= 0.3 is 0 Å². The van der Waals surface area contributed by atoms with E-state index in [1.54, 1.807) is 12.4 Å². The minimum atomic E-state index is -0.494. The summed E-state index contributed by atoms with van der Waals surface area (Å²) in [6.45, 7) is 2.17. The molecule has 1 N–H and O–H groups in total. The number of hydrogen-bond acceptors (Lipinski definition) is 4. The molecular weight excluding hydrogens is 420 g/mol. The van der Waals surface area contributed by atoms with Crippen molar-refractivity contribution < 1.29 is 4.79 Å². The maximum Gasteiger partial charge on any atom is 0.223 e. The molecule has 0 radical (unpaired) electrons.